The minimum Gasteiger partial charge on any atom is -0.340 e. The fraction of sp³-hybridized carbons (Fsp3) is 0.789. The molecule has 1 amide bonds. The molecule has 0 radical (unpaired) electrons. The number of hydrogen-bond donors (Lipinski definition) is 0. The zero-order valence-electron chi connectivity index (χ0n) is 15.3. The first-order valence-electron chi connectivity index (χ1n) is 9.61. The Kier molecular flexibility index (Phi) is 5.93. The molecule has 0 bridgehead atoms. The summed E-state index contributed by atoms with van der Waals surface area (Å²) in [5, 5.41) is 4.25. The lowest BCUT2D eigenvalue weighted by atomic mass is 9.86. The SMILES string of the molecule is CC(=O)N1CCCCCC1C1CCN(CCc2ccnn2C)CC1. The molecule has 0 N–H and O–H groups in total. The summed E-state index contributed by atoms with van der Waals surface area (Å²) in [6.07, 6.45) is 10.4. The van der Waals surface area contributed by atoms with E-state index in [1.807, 2.05) is 17.9 Å². The number of likely N-dealkylation sites (tertiary alicyclic amines) is 2. The van der Waals surface area contributed by atoms with E-state index in [4.69, 9.17) is 0 Å². The highest BCUT2D eigenvalue weighted by atomic mass is 16.2. The third-order valence-corrected chi connectivity index (χ3v) is 5.99. The van der Waals surface area contributed by atoms with Crippen molar-refractivity contribution in [1.29, 1.82) is 0 Å². The predicted octanol–water partition coefficient (Wildman–Crippen LogP) is 2.47. The van der Waals surface area contributed by atoms with Crippen LogP contribution in [-0.2, 0) is 18.3 Å². The topological polar surface area (TPSA) is 41.4 Å². The van der Waals surface area contributed by atoms with Gasteiger partial charge >= 0.3 is 0 Å². The van der Waals surface area contributed by atoms with Crippen LogP contribution in [0.5, 0.6) is 0 Å². The van der Waals surface area contributed by atoms with Gasteiger partial charge in [-0.1, -0.05) is 12.8 Å². The van der Waals surface area contributed by atoms with E-state index < -0.39 is 0 Å². The van der Waals surface area contributed by atoms with Crippen molar-refractivity contribution < 1.29 is 4.79 Å². The molecule has 1 unspecified atom stereocenters. The number of piperidine rings is 1. The highest BCUT2D eigenvalue weighted by molar-refractivity contribution is 5.73. The van der Waals surface area contributed by atoms with Gasteiger partial charge in [-0.05, 0) is 50.8 Å². The average molecular weight is 332 g/mol. The zero-order valence-corrected chi connectivity index (χ0v) is 15.3. The van der Waals surface area contributed by atoms with Gasteiger partial charge in [0, 0.05) is 51.4 Å². The predicted molar refractivity (Wildman–Crippen MR) is 95.7 cm³/mol. The highest BCUT2D eigenvalue weighted by Crippen LogP contribution is 2.30. The number of carbonyl (C=O) groups excluding carboxylic acids is 1. The normalized spacial score (nSPS) is 24.1. The molecule has 24 heavy (non-hydrogen) atoms. The summed E-state index contributed by atoms with van der Waals surface area (Å²) in [7, 11) is 2.02. The molecule has 134 valence electrons. The maximum Gasteiger partial charge on any atom is 0.219 e. The largest absolute Gasteiger partial charge is 0.340 e. The van der Waals surface area contributed by atoms with Crippen molar-refractivity contribution in [2.45, 2.75) is 57.9 Å². The van der Waals surface area contributed by atoms with E-state index in [9.17, 15) is 4.79 Å². The lowest BCUT2D eigenvalue weighted by Gasteiger charge is -2.40. The molecular formula is C19H32N4O. The summed E-state index contributed by atoms with van der Waals surface area (Å²) in [5.41, 5.74) is 1.31. The highest BCUT2D eigenvalue weighted by Gasteiger charge is 2.32. The van der Waals surface area contributed by atoms with Crippen LogP contribution in [0, 0.1) is 5.92 Å². The fourth-order valence-electron chi connectivity index (χ4n) is 4.50. The van der Waals surface area contributed by atoms with E-state index in [1.165, 1.54) is 57.3 Å². The first kappa shape index (κ1) is 17.5. The molecule has 0 saturated carbocycles. The Balaban J connectivity index is 1.50. The van der Waals surface area contributed by atoms with Crippen molar-refractivity contribution in [2.24, 2.45) is 13.0 Å². The van der Waals surface area contributed by atoms with E-state index in [-0.39, 0.29) is 5.91 Å². The molecule has 1 aromatic rings. The van der Waals surface area contributed by atoms with Crippen LogP contribution in [0.4, 0.5) is 0 Å². The molecule has 5 heteroatoms. The number of amides is 1. The molecule has 0 aliphatic carbocycles. The summed E-state index contributed by atoms with van der Waals surface area (Å²) in [5.74, 6) is 0.973. The quantitative estimate of drug-likeness (QED) is 0.850. The third kappa shape index (κ3) is 4.18. The van der Waals surface area contributed by atoms with Crippen LogP contribution in [0.2, 0.25) is 0 Å². The van der Waals surface area contributed by atoms with Crippen molar-refractivity contribution in [2.75, 3.05) is 26.2 Å². The monoisotopic (exact) mass is 332 g/mol. The number of nitrogens with zero attached hydrogens (tertiary/aromatic N) is 4. The zero-order chi connectivity index (χ0) is 16.9. The number of aromatic nitrogens is 2. The maximum atomic E-state index is 12.0. The second kappa shape index (κ2) is 8.15. The molecule has 1 aromatic heterocycles. The van der Waals surface area contributed by atoms with E-state index in [0.29, 0.717) is 12.0 Å². The second-order valence-electron chi connectivity index (χ2n) is 7.50. The van der Waals surface area contributed by atoms with E-state index in [2.05, 4.69) is 21.0 Å². The second-order valence-corrected chi connectivity index (χ2v) is 7.50. The average Bonchev–Trinajstić information content (AvgIpc) is 2.84. The van der Waals surface area contributed by atoms with Crippen LogP contribution >= 0.6 is 0 Å². The molecule has 2 aliphatic rings. The maximum absolute atomic E-state index is 12.0. The Morgan fingerprint density at radius 1 is 1.17 bits per heavy atom. The minimum atomic E-state index is 0.278. The summed E-state index contributed by atoms with van der Waals surface area (Å²) < 4.78 is 1.98. The third-order valence-electron chi connectivity index (χ3n) is 5.99. The molecule has 0 spiro atoms. The van der Waals surface area contributed by atoms with Crippen molar-refractivity contribution in [3.8, 4) is 0 Å². The van der Waals surface area contributed by atoms with Gasteiger partial charge in [-0.25, -0.2) is 0 Å². The van der Waals surface area contributed by atoms with Crippen molar-refractivity contribution in [1.82, 2.24) is 19.6 Å². The van der Waals surface area contributed by atoms with Gasteiger partial charge in [0.15, 0.2) is 0 Å². The summed E-state index contributed by atoms with van der Waals surface area (Å²) >= 11 is 0. The van der Waals surface area contributed by atoms with E-state index in [0.717, 1.165) is 19.5 Å². The lowest BCUT2D eigenvalue weighted by molar-refractivity contribution is -0.132. The molecule has 2 aliphatic heterocycles. The van der Waals surface area contributed by atoms with Crippen molar-refractivity contribution >= 4 is 5.91 Å². The van der Waals surface area contributed by atoms with Gasteiger partial charge in [0.25, 0.3) is 0 Å². The Morgan fingerprint density at radius 3 is 2.62 bits per heavy atom. The Bertz CT molecular complexity index is 533. The minimum absolute atomic E-state index is 0.278. The van der Waals surface area contributed by atoms with Gasteiger partial charge in [0.1, 0.15) is 0 Å². The summed E-state index contributed by atoms with van der Waals surface area (Å²) in [6, 6.07) is 2.60. The van der Waals surface area contributed by atoms with Gasteiger partial charge in [0.05, 0.1) is 0 Å². The first-order chi connectivity index (χ1) is 11.6. The van der Waals surface area contributed by atoms with Crippen LogP contribution < -0.4 is 0 Å². The Hall–Kier alpha value is -1.36. The lowest BCUT2D eigenvalue weighted by Crippen LogP contribution is -2.47. The molecule has 3 rings (SSSR count). The summed E-state index contributed by atoms with van der Waals surface area (Å²) in [4.78, 5) is 16.8. The molecule has 2 saturated heterocycles. The van der Waals surface area contributed by atoms with Crippen molar-refractivity contribution in [3.63, 3.8) is 0 Å². The van der Waals surface area contributed by atoms with Gasteiger partial charge in [-0.15, -0.1) is 0 Å². The molecular weight excluding hydrogens is 300 g/mol. The van der Waals surface area contributed by atoms with E-state index >= 15 is 0 Å². The van der Waals surface area contributed by atoms with Crippen LogP contribution in [-0.4, -0.2) is 57.7 Å². The number of rotatable bonds is 4. The van der Waals surface area contributed by atoms with Crippen LogP contribution in [0.25, 0.3) is 0 Å². The fourth-order valence-corrected chi connectivity index (χ4v) is 4.50. The van der Waals surface area contributed by atoms with Gasteiger partial charge in [-0.2, -0.15) is 5.10 Å². The molecule has 5 nitrogen and oxygen atoms in total. The number of hydrogen-bond acceptors (Lipinski definition) is 3. The smallest absolute Gasteiger partial charge is 0.219 e. The van der Waals surface area contributed by atoms with Gasteiger partial charge in [-0.3, -0.25) is 9.48 Å². The Morgan fingerprint density at radius 2 is 1.96 bits per heavy atom. The Labute approximate surface area is 146 Å². The molecule has 1 atom stereocenters. The first-order valence-corrected chi connectivity index (χ1v) is 9.61. The number of carbonyl (C=O) groups is 1. The van der Waals surface area contributed by atoms with Gasteiger partial charge < -0.3 is 9.80 Å². The molecule has 3 heterocycles. The van der Waals surface area contributed by atoms with E-state index in [1.54, 1.807) is 6.92 Å². The van der Waals surface area contributed by atoms with Gasteiger partial charge in [0.2, 0.25) is 5.91 Å². The summed E-state index contributed by atoms with van der Waals surface area (Å²) in [6.45, 7) is 6.19. The van der Waals surface area contributed by atoms with Crippen molar-refractivity contribution in [3.05, 3.63) is 18.0 Å². The van der Waals surface area contributed by atoms with Crippen LogP contribution in [0.3, 0.4) is 0 Å². The van der Waals surface area contributed by atoms with Crippen LogP contribution in [0.15, 0.2) is 12.3 Å². The molecule has 2 fully saturated rings. The molecule has 0 aromatic carbocycles. The number of aryl methyl sites for hydroxylation is 1. The standard InChI is InChI=1S/C19H32N4O/c1-16(24)23-12-5-3-4-6-19(23)17-8-13-22(14-9-17)15-10-18-7-11-20-21(18)2/h7,11,17,19H,3-6,8-10,12-15H2,1-2H3. The van der Waals surface area contributed by atoms with Crippen LogP contribution in [0.1, 0.15) is 51.1 Å².